The van der Waals surface area contributed by atoms with Crippen molar-refractivity contribution >= 4 is 16.9 Å². The highest BCUT2D eigenvalue weighted by Crippen LogP contribution is 2.51. The zero-order chi connectivity index (χ0) is 26.5. The molecule has 0 N–H and O–H groups in total. The molecule has 0 unspecified atom stereocenters. The normalized spacial score (nSPS) is 15.6. The number of fused-ring (bicyclic) bond motifs is 3. The van der Waals surface area contributed by atoms with Crippen LogP contribution in [0.25, 0.3) is 27.8 Å². The summed E-state index contributed by atoms with van der Waals surface area (Å²) in [6.45, 7) is 11.7. The Morgan fingerprint density at radius 3 is 2.16 bits per heavy atom. The van der Waals surface area contributed by atoms with Gasteiger partial charge in [-0.3, -0.25) is 0 Å². The fourth-order valence-electron chi connectivity index (χ4n) is 6.34. The first kappa shape index (κ1) is 24.5. The van der Waals surface area contributed by atoms with Gasteiger partial charge in [-0.1, -0.05) is 98.8 Å². The first-order valence-corrected chi connectivity index (χ1v) is 13.9. The van der Waals surface area contributed by atoms with Gasteiger partial charge in [0, 0.05) is 27.9 Å². The van der Waals surface area contributed by atoms with Crippen LogP contribution in [0.4, 0.5) is 11.4 Å². The maximum atomic E-state index is 2.55. The van der Waals surface area contributed by atoms with Crippen molar-refractivity contribution in [3.8, 4) is 22.3 Å². The summed E-state index contributed by atoms with van der Waals surface area (Å²) in [5.41, 5.74) is 13.2. The lowest BCUT2D eigenvalue weighted by Crippen LogP contribution is -2.38. The third-order valence-corrected chi connectivity index (χ3v) is 8.20. The van der Waals surface area contributed by atoms with Gasteiger partial charge < -0.3 is 4.90 Å². The van der Waals surface area contributed by atoms with Crippen LogP contribution in [0.3, 0.4) is 0 Å². The summed E-state index contributed by atoms with van der Waals surface area (Å²) < 4.78 is 0. The third-order valence-electron chi connectivity index (χ3n) is 8.20. The summed E-state index contributed by atoms with van der Waals surface area (Å²) in [6, 6.07) is 33.8. The molecule has 2 aliphatic carbocycles. The maximum Gasteiger partial charge on any atom is 0.0492 e. The summed E-state index contributed by atoms with van der Waals surface area (Å²) in [5.74, 6) is 0. The zero-order valence-electron chi connectivity index (χ0n) is 23.3. The summed E-state index contributed by atoms with van der Waals surface area (Å²) >= 11 is 0. The smallest absolute Gasteiger partial charge is 0.0492 e. The van der Waals surface area contributed by atoms with Crippen LogP contribution < -0.4 is 4.90 Å². The van der Waals surface area contributed by atoms with Gasteiger partial charge in [0.25, 0.3) is 0 Å². The number of hydrogen-bond acceptors (Lipinski definition) is 1. The van der Waals surface area contributed by atoms with Crippen LogP contribution in [0, 0.1) is 0 Å². The minimum atomic E-state index is -0.113. The molecule has 0 spiro atoms. The molecule has 1 nitrogen and oxygen atoms in total. The molecular formula is C37H37N. The molecule has 0 fully saturated rings. The highest BCUT2D eigenvalue weighted by molar-refractivity contribution is 5.88. The Morgan fingerprint density at radius 2 is 1.42 bits per heavy atom. The molecule has 4 aromatic rings. The van der Waals surface area contributed by atoms with E-state index in [0.717, 1.165) is 12.8 Å². The monoisotopic (exact) mass is 495 g/mol. The van der Waals surface area contributed by atoms with Gasteiger partial charge in [-0.15, -0.1) is 0 Å². The Labute approximate surface area is 228 Å². The molecule has 0 radical (unpaired) electrons. The first-order chi connectivity index (χ1) is 18.2. The van der Waals surface area contributed by atoms with Crippen molar-refractivity contribution in [2.24, 2.45) is 0 Å². The first-order valence-electron chi connectivity index (χ1n) is 13.9. The second-order valence-electron chi connectivity index (χ2n) is 12.2. The molecule has 0 heterocycles. The van der Waals surface area contributed by atoms with E-state index >= 15 is 0 Å². The molecule has 1 heteroatoms. The third kappa shape index (κ3) is 4.11. The average molecular weight is 496 g/mol. The SMILES string of the molecule is CC1(C)c2ccccc2-c2ccc(N(c3ccc(-c4ccccc4)cc3C3=CC=CCC3)C(C)(C)C)cc21. The molecule has 190 valence electrons. The summed E-state index contributed by atoms with van der Waals surface area (Å²) in [5, 5.41) is 0. The van der Waals surface area contributed by atoms with E-state index in [4.69, 9.17) is 0 Å². The van der Waals surface area contributed by atoms with Crippen molar-refractivity contribution in [3.05, 3.63) is 126 Å². The molecular weight excluding hydrogens is 458 g/mol. The van der Waals surface area contributed by atoms with Gasteiger partial charge in [0.1, 0.15) is 0 Å². The van der Waals surface area contributed by atoms with E-state index < -0.39 is 0 Å². The van der Waals surface area contributed by atoms with Gasteiger partial charge in [-0.2, -0.15) is 0 Å². The van der Waals surface area contributed by atoms with E-state index in [-0.39, 0.29) is 11.0 Å². The van der Waals surface area contributed by atoms with Crippen LogP contribution in [-0.4, -0.2) is 5.54 Å². The second kappa shape index (κ2) is 9.17. The summed E-state index contributed by atoms with van der Waals surface area (Å²) in [7, 11) is 0. The number of hydrogen-bond donors (Lipinski definition) is 0. The van der Waals surface area contributed by atoms with Gasteiger partial charge in [0.2, 0.25) is 0 Å². The minimum Gasteiger partial charge on any atom is -0.336 e. The number of anilines is 2. The number of nitrogens with zero attached hydrogens (tertiary/aromatic N) is 1. The Kier molecular flexibility index (Phi) is 5.91. The highest BCUT2D eigenvalue weighted by atomic mass is 15.2. The van der Waals surface area contributed by atoms with E-state index in [9.17, 15) is 0 Å². The van der Waals surface area contributed by atoms with Crippen molar-refractivity contribution in [2.75, 3.05) is 4.90 Å². The van der Waals surface area contributed by atoms with Crippen molar-refractivity contribution in [2.45, 2.75) is 58.4 Å². The quantitative estimate of drug-likeness (QED) is 0.272. The van der Waals surface area contributed by atoms with Crippen LogP contribution in [0.15, 0.2) is 109 Å². The number of rotatable bonds is 4. The van der Waals surface area contributed by atoms with Crippen LogP contribution >= 0.6 is 0 Å². The fourth-order valence-corrected chi connectivity index (χ4v) is 6.34. The molecule has 2 aliphatic rings. The van der Waals surface area contributed by atoms with E-state index in [1.165, 1.54) is 55.9 Å². The lowest BCUT2D eigenvalue weighted by Gasteiger charge is -2.40. The fraction of sp³-hybridized carbons (Fsp3) is 0.243. The van der Waals surface area contributed by atoms with Gasteiger partial charge in [-0.25, -0.2) is 0 Å². The van der Waals surface area contributed by atoms with Crippen LogP contribution in [0.2, 0.25) is 0 Å². The van der Waals surface area contributed by atoms with E-state index in [1.807, 2.05) is 0 Å². The van der Waals surface area contributed by atoms with Crippen LogP contribution in [0.5, 0.6) is 0 Å². The Hall–Kier alpha value is -3.84. The molecule has 0 aliphatic heterocycles. The van der Waals surface area contributed by atoms with Crippen molar-refractivity contribution in [1.29, 1.82) is 0 Å². The highest BCUT2D eigenvalue weighted by Gasteiger charge is 2.36. The summed E-state index contributed by atoms with van der Waals surface area (Å²) in [4.78, 5) is 2.55. The topological polar surface area (TPSA) is 3.24 Å². The standard InChI is InChI=1S/C37H37N/c1-36(2,3)38(29-21-22-31-30-18-12-13-19-33(30)37(4,5)34(31)25-29)35-23-20-28(26-14-8-6-9-15-26)24-32(35)27-16-10-7-11-17-27/h6-10,12-16,18-25H,11,17H2,1-5H3. The van der Waals surface area contributed by atoms with Crippen LogP contribution in [0.1, 0.15) is 64.2 Å². The Morgan fingerprint density at radius 1 is 0.684 bits per heavy atom. The van der Waals surface area contributed by atoms with Crippen molar-refractivity contribution in [1.82, 2.24) is 0 Å². The molecule has 0 bridgehead atoms. The Balaban J connectivity index is 1.54. The molecule has 4 aromatic carbocycles. The predicted octanol–water partition coefficient (Wildman–Crippen LogP) is 10.3. The van der Waals surface area contributed by atoms with Crippen LogP contribution in [-0.2, 0) is 5.41 Å². The Bertz CT molecular complexity index is 1560. The molecule has 0 atom stereocenters. The average Bonchev–Trinajstić information content (AvgIpc) is 3.16. The molecule has 0 amide bonds. The van der Waals surface area contributed by atoms with Gasteiger partial charge in [0.05, 0.1) is 0 Å². The second-order valence-corrected chi connectivity index (χ2v) is 12.2. The van der Waals surface area contributed by atoms with Gasteiger partial charge in [-0.05, 0) is 96.8 Å². The van der Waals surface area contributed by atoms with Gasteiger partial charge in [0.15, 0.2) is 0 Å². The van der Waals surface area contributed by atoms with Crippen molar-refractivity contribution < 1.29 is 0 Å². The predicted molar refractivity (Wildman–Crippen MR) is 164 cm³/mol. The van der Waals surface area contributed by atoms with Gasteiger partial charge >= 0.3 is 0 Å². The molecule has 0 saturated heterocycles. The minimum absolute atomic E-state index is 0.0256. The summed E-state index contributed by atoms with van der Waals surface area (Å²) in [6.07, 6.45) is 8.94. The number of benzene rings is 4. The lowest BCUT2D eigenvalue weighted by molar-refractivity contribution is 0.559. The van der Waals surface area contributed by atoms with Crippen molar-refractivity contribution in [3.63, 3.8) is 0 Å². The van der Waals surface area contributed by atoms with E-state index in [2.05, 4.69) is 149 Å². The van der Waals surface area contributed by atoms with E-state index in [1.54, 1.807) is 0 Å². The number of allylic oxidation sites excluding steroid dienone is 4. The molecule has 0 saturated carbocycles. The zero-order valence-corrected chi connectivity index (χ0v) is 23.3. The molecule has 0 aromatic heterocycles. The lowest BCUT2D eigenvalue weighted by atomic mass is 9.82. The van der Waals surface area contributed by atoms with E-state index in [0.29, 0.717) is 0 Å². The molecule has 38 heavy (non-hydrogen) atoms. The molecule has 6 rings (SSSR count). The largest absolute Gasteiger partial charge is 0.336 e. The maximum absolute atomic E-state index is 2.55.